The molecule has 0 amide bonds. The van der Waals surface area contributed by atoms with Crippen LogP contribution in [0.3, 0.4) is 0 Å². The third kappa shape index (κ3) is 2.20. The van der Waals surface area contributed by atoms with E-state index in [1.54, 1.807) is 17.7 Å². The summed E-state index contributed by atoms with van der Waals surface area (Å²) in [6, 6.07) is 0. The van der Waals surface area contributed by atoms with Crippen molar-refractivity contribution in [1.29, 1.82) is 0 Å². The van der Waals surface area contributed by atoms with Gasteiger partial charge < -0.3 is 10.2 Å². The quantitative estimate of drug-likeness (QED) is 0.922. The lowest BCUT2D eigenvalue weighted by Gasteiger charge is -2.12. The van der Waals surface area contributed by atoms with Crippen LogP contribution < -0.4 is 5.32 Å². The van der Waals surface area contributed by atoms with Crippen LogP contribution in [0.2, 0.25) is 0 Å². The van der Waals surface area contributed by atoms with E-state index in [0.717, 1.165) is 23.8 Å². The van der Waals surface area contributed by atoms with Crippen molar-refractivity contribution < 1.29 is 0 Å². The lowest BCUT2D eigenvalue weighted by atomic mass is 10.1. The maximum absolute atomic E-state index is 4.37. The average Bonchev–Trinajstić information content (AvgIpc) is 2.94. The minimum absolute atomic E-state index is 0.737. The predicted molar refractivity (Wildman–Crippen MR) is 76.2 cm³/mol. The van der Waals surface area contributed by atoms with Gasteiger partial charge in [0.1, 0.15) is 12.1 Å². The summed E-state index contributed by atoms with van der Waals surface area (Å²) in [7, 11) is 2.19. The van der Waals surface area contributed by atoms with Crippen molar-refractivity contribution >= 4 is 27.4 Å². The number of anilines is 1. The number of fused-ring (bicyclic) bond motifs is 1. The molecule has 1 aliphatic rings. The molecule has 0 bridgehead atoms. The molecule has 1 N–H and O–H groups in total. The summed E-state index contributed by atoms with van der Waals surface area (Å²) < 4.78 is 1.18. The summed E-state index contributed by atoms with van der Waals surface area (Å²) >= 11 is 1.73. The van der Waals surface area contributed by atoms with E-state index < -0.39 is 0 Å². The van der Waals surface area contributed by atoms with Crippen molar-refractivity contribution in [3.63, 3.8) is 0 Å². The Balaban J connectivity index is 1.74. The van der Waals surface area contributed by atoms with Gasteiger partial charge in [-0.25, -0.2) is 9.97 Å². The zero-order valence-corrected chi connectivity index (χ0v) is 11.6. The molecule has 0 saturated carbocycles. The van der Waals surface area contributed by atoms with Crippen molar-refractivity contribution in [2.24, 2.45) is 5.92 Å². The first-order chi connectivity index (χ1) is 8.74. The molecule has 1 saturated heterocycles. The lowest BCUT2D eigenvalue weighted by molar-refractivity contribution is 0.399. The Bertz CT molecular complexity index is 551. The summed E-state index contributed by atoms with van der Waals surface area (Å²) in [5.41, 5.74) is 2.32. The Morgan fingerprint density at radius 1 is 1.50 bits per heavy atom. The SMILES string of the molecule is Cc1csc2c(NCC3CCN(C)C3)ncnc12. The number of nitrogens with one attached hydrogen (secondary N) is 1. The standard InChI is InChI=1S/C13H18N4S/c1-9-7-18-12-11(9)15-8-16-13(12)14-5-10-3-4-17(2)6-10/h7-8,10H,3-6H2,1-2H3,(H,14,15,16). The predicted octanol–water partition coefficient (Wildman–Crippen LogP) is 2.36. The molecule has 2 aromatic rings. The van der Waals surface area contributed by atoms with Gasteiger partial charge in [-0.1, -0.05) is 0 Å². The van der Waals surface area contributed by atoms with Crippen molar-refractivity contribution in [3.8, 4) is 0 Å². The molecule has 0 aromatic carbocycles. The molecule has 0 spiro atoms. The van der Waals surface area contributed by atoms with Crippen LogP contribution in [0.5, 0.6) is 0 Å². The van der Waals surface area contributed by atoms with Gasteiger partial charge in [-0.3, -0.25) is 0 Å². The van der Waals surface area contributed by atoms with E-state index in [4.69, 9.17) is 0 Å². The second kappa shape index (κ2) is 4.82. The normalized spacial score (nSPS) is 20.7. The number of hydrogen-bond donors (Lipinski definition) is 1. The molecule has 5 heteroatoms. The van der Waals surface area contributed by atoms with E-state index in [1.807, 2.05) is 0 Å². The summed E-state index contributed by atoms with van der Waals surface area (Å²) in [6.45, 7) is 5.50. The number of hydrogen-bond acceptors (Lipinski definition) is 5. The topological polar surface area (TPSA) is 41.0 Å². The monoisotopic (exact) mass is 262 g/mol. The Labute approximate surface area is 111 Å². The zero-order valence-electron chi connectivity index (χ0n) is 10.8. The average molecular weight is 262 g/mol. The minimum atomic E-state index is 0.737. The number of aromatic nitrogens is 2. The number of rotatable bonds is 3. The molecule has 0 radical (unpaired) electrons. The van der Waals surface area contributed by atoms with Gasteiger partial charge in [-0.2, -0.15) is 0 Å². The summed E-state index contributed by atoms with van der Waals surface area (Å²) in [4.78, 5) is 11.1. The zero-order chi connectivity index (χ0) is 12.5. The highest BCUT2D eigenvalue weighted by molar-refractivity contribution is 7.18. The lowest BCUT2D eigenvalue weighted by Crippen LogP contribution is -2.19. The minimum Gasteiger partial charge on any atom is -0.368 e. The highest BCUT2D eigenvalue weighted by atomic mass is 32.1. The van der Waals surface area contributed by atoms with Gasteiger partial charge in [-0.15, -0.1) is 11.3 Å². The van der Waals surface area contributed by atoms with E-state index in [0.29, 0.717) is 0 Å². The van der Waals surface area contributed by atoms with E-state index in [2.05, 4.69) is 39.5 Å². The number of nitrogens with zero attached hydrogens (tertiary/aromatic N) is 3. The van der Waals surface area contributed by atoms with Crippen molar-refractivity contribution in [2.75, 3.05) is 32.0 Å². The highest BCUT2D eigenvalue weighted by Crippen LogP contribution is 2.28. The fourth-order valence-corrected chi connectivity index (χ4v) is 3.50. The van der Waals surface area contributed by atoms with Gasteiger partial charge in [0.2, 0.25) is 0 Å². The Morgan fingerprint density at radius 2 is 2.39 bits per heavy atom. The molecule has 3 heterocycles. The van der Waals surface area contributed by atoms with E-state index in [1.165, 1.54) is 29.8 Å². The molecule has 96 valence electrons. The Hall–Kier alpha value is -1.20. The van der Waals surface area contributed by atoms with Crippen molar-refractivity contribution in [2.45, 2.75) is 13.3 Å². The second-order valence-electron chi connectivity index (χ2n) is 5.12. The van der Waals surface area contributed by atoms with E-state index >= 15 is 0 Å². The molecule has 1 aliphatic heterocycles. The van der Waals surface area contributed by atoms with Gasteiger partial charge in [-0.05, 0) is 43.8 Å². The fourth-order valence-electron chi connectivity index (χ4n) is 2.53. The van der Waals surface area contributed by atoms with Crippen molar-refractivity contribution in [3.05, 3.63) is 17.3 Å². The number of aryl methyl sites for hydroxylation is 1. The maximum Gasteiger partial charge on any atom is 0.147 e. The third-order valence-corrected chi connectivity index (χ3v) is 4.67. The first kappa shape index (κ1) is 11.9. The molecule has 1 unspecified atom stereocenters. The van der Waals surface area contributed by atoms with E-state index in [9.17, 15) is 0 Å². The first-order valence-electron chi connectivity index (χ1n) is 6.35. The summed E-state index contributed by atoms with van der Waals surface area (Å²) in [5.74, 6) is 1.73. The number of thiophene rings is 1. The fraction of sp³-hybridized carbons (Fsp3) is 0.538. The molecular formula is C13H18N4S. The van der Waals surface area contributed by atoms with Crippen LogP contribution in [0.25, 0.3) is 10.2 Å². The van der Waals surface area contributed by atoms with Crippen molar-refractivity contribution in [1.82, 2.24) is 14.9 Å². The van der Waals surface area contributed by atoms with Gasteiger partial charge in [0.25, 0.3) is 0 Å². The van der Waals surface area contributed by atoms with Crippen LogP contribution in [0, 0.1) is 12.8 Å². The van der Waals surface area contributed by atoms with Gasteiger partial charge in [0.15, 0.2) is 0 Å². The van der Waals surface area contributed by atoms with Crippen LogP contribution in [0.15, 0.2) is 11.7 Å². The van der Waals surface area contributed by atoms with Crippen LogP contribution in [-0.2, 0) is 0 Å². The van der Waals surface area contributed by atoms with Crippen LogP contribution >= 0.6 is 11.3 Å². The summed E-state index contributed by atoms with van der Waals surface area (Å²) in [6.07, 6.45) is 2.94. The third-order valence-electron chi connectivity index (χ3n) is 3.58. The molecule has 18 heavy (non-hydrogen) atoms. The molecular weight excluding hydrogens is 244 g/mol. The van der Waals surface area contributed by atoms with Gasteiger partial charge in [0.05, 0.1) is 10.2 Å². The molecule has 1 fully saturated rings. The van der Waals surface area contributed by atoms with Crippen LogP contribution in [-0.4, -0.2) is 41.5 Å². The van der Waals surface area contributed by atoms with Gasteiger partial charge in [0, 0.05) is 13.1 Å². The van der Waals surface area contributed by atoms with Gasteiger partial charge >= 0.3 is 0 Å². The maximum atomic E-state index is 4.37. The smallest absolute Gasteiger partial charge is 0.147 e. The second-order valence-corrected chi connectivity index (χ2v) is 6.00. The number of likely N-dealkylation sites (tertiary alicyclic amines) is 1. The molecule has 0 aliphatic carbocycles. The Morgan fingerprint density at radius 3 is 3.17 bits per heavy atom. The first-order valence-corrected chi connectivity index (χ1v) is 7.23. The Kier molecular flexibility index (Phi) is 3.18. The van der Waals surface area contributed by atoms with Crippen LogP contribution in [0.1, 0.15) is 12.0 Å². The van der Waals surface area contributed by atoms with E-state index in [-0.39, 0.29) is 0 Å². The molecule has 4 nitrogen and oxygen atoms in total. The molecule has 1 atom stereocenters. The van der Waals surface area contributed by atoms with Crippen LogP contribution in [0.4, 0.5) is 5.82 Å². The molecule has 2 aromatic heterocycles. The molecule has 3 rings (SSSR count). The summed E-state index contributed by atoms with van der Waals surface area (Å²) in [5, 5.41) is 5.64. The largest absolute Gasteiger partial charge is 0.368 e. The highest BCUT2D eigenvalue weighted by Gasteiger charge is 2.19.